The first-order valence-electron chi connectivity index (χ1n) is 12.7. The van der Waals surface area contributed by atoms with E-state index in [1.807, 2.05) is 0 Å². The molecule has 2 fully saturated rings. The van der Waals surface area contributed by atoms with Gasteiger partial charge in [-0.25, -0.2) is 13.8 Å². The van der Waals surface area contributed by atoms with E-state index in [2.05, 4.69) is 22.5 Å². The molecule has 9 heteroatoms. The van der Waals surface area contributed by atoms with Crippen molar-refractivity contribution in [2.24, 2.45) is 0 Å². The van der Waals surface area contributed by atoms with E-state index in [9.17, 15) is 18.4 Å². The first-order valence-corrected chi connectivity index (χ1v) is 12.7. The molecule has 1 aromatic heterocycles. The Labute approximate surface area is 213 Å². The van der Waals surface area contributed by atoms with Crippen molar-refractivity contribution in [1.29, 1.82) is 0 Å². The van der Waals surface area contributed by atoms with E-state index < -0.39 is 22.7 Å². The number of rotatable bonds is 10. The average molecular weight is 509 g/mol. The Morgan fingerprint density at radius 3 is 2.70 bits per heavy atom. The van der Waals surface area contributed by atoms with Gasteiger partial charge in [-0.1, -0.05) is 13.3 Å². The number of ether oxygens (including phenoxy) is 1. The van der Waals surface area contributed by atoms with E-state index in [0.29, 0.717) is 30.8 Å². The maximum atomic E-state index is 14.8. The number of hydrogen-bond donors (Lipinski definition) is 2. The van der Waals surface area contributed by atoms with Crippen LogP contribution in [0.1, 0.15) is 66.9 Å². The fourth-order valence-electron chi connectivity index (χ4n) is 4.37. The third-order valence-corrected chi connectivity index (χ3v) is 6.91. The molecule has 0 saturated heterocycles. The maximum Gasteiger partial charge on any atom is 0.297 e. The van der Waals surface area contributed by atoms with E-state index in [4.69, 9.17) is 4.74 Å². The molecule has 0 radical (unpaired) electrons. The summed E-state index contributed by atoms with van der Waals surface area (Å²) >= 11 is 0. The van der Waals surface area contributed by atoms with E-state index >= 15 is 0 Å². The average Bonchev–Trinajstić information content (AvgIpc) is 3.81. The van der Waals surface area contributed by atoms with Crippen molar-refractivity contribution in [3.05, 3.63) is 81.4 Å². The summed E-state index contributed by atoms with van der Waals surface area (Å²) < 4.78 is 36.2. The maximum absolute atomic E-state index is 14.8. The molecule has 7 nitrogen and oxygen atoms in total. The van der Waals surface area contributed by atoms with Crippen LogP contribution in [-0.2, 0) is 5.54 Å². The molecule has 0 bridgehead atoms. The van der Waals surface area contributed by atoms with Crippen molar-refractivity contribution < 1.29 is 18.3 Å². The minimum atomic E-state index is -0.693. The number of halogens is 2. The highest BCUT2D eigenvalue weighted by atomic mass is 19.1. The molecule has 5 rings (SSSR count). The minimum Gasteiger partial charge on any atom is -0.493 e. The smallest absolute Gasteiger partial charge is 0.297 e. The number of nitrogens with zero attached hydrogens (tertiary/aromatic N) is 2. The van der Waals surface area contributed by atoms with Gasteiger partial charge in [0.1, 0.15) is 17.4 Å². The number of anilines is 1. The lowest BCUT2D eigenvalue weighted by Gasteiger charge is -2.22. The Morgan fingerprint density at radius 2 is 2.00 bits per heavy atom. The summed E-state index contributed by atoms with van der Waals surface area (Å²) in [6.45, 7) is 4.13. The number of aromatic nitrogens is 2. The van der Waals surface area contributed by atoms with Gasteiger partial charge >= 0.3 is 0 Å². The highest BCUT2D eigenvalue weighted by Crippen LogP contribution is 2.51. The van der Waals surface area contributed by atoms with Gasteiger partial charge in [-0.3, -0.25) is 14.2 Å². The van der Waals surface area contributed by atoms with Gasteiger partial charge in [-0.05, 0) is 69.4 Å². The van der Waals surface area contributed by atoms with Crippen LogP contribution < -0.4 is 20.9 Å². The normalized spacial score (nSPS) is 15.8. The van der Waals surface area contributed by atoms with E-state index in [1.54, 1.807) is 13.0 Å². The number of nitrogens with one attached hydrogen (secondary N) is 2. The molecule has 37 heavy (non-hydrogen) atoms. The minimum absolute atomic E-state index is 0.0522. The Kier molecular flexibility index (Phi) is 6.70. The molecule has 2 aliphatic carbocycles. The third kappa shape index (κ3) is 5.21. The van der Waals surface area contributed by atoms with Gasteiger partial charge in [0.15, 0.2) is 5.82 Å². The van der Waals surface area contributed by atoms with Crippen molar-refractivity contribution in [2.45, 2.75) is 64.0 Å². The van der Waals surface area contributed by atoms with E-state index in [1.165, 1.54) is 41.2 Å². The molecule has 0 spiro atoms. The van der Waals surface area contributed by atoms with Crippen molar-refractivity contribution >= 4 is 11.7 Å². The molecule has 0 unspecified atom stereocenters. The predicted octanol–water partition coefficient (Wildman–Crippen LogP) is 4.99. The number of carbonyl (C=O) groups excluding carboxylic acids is 1. The topological polar surface area (TPSA) is 85.2 Å². The highest BCUT2D eigenvalue weighted by Gasteiger charge is 2.47. The second-order valence-corrected chi connectivity index (χ2v) is 9.85. The largest absolute Gasteiger partial charge is 0.493 e. The lowest BCUT2D eigenvalue weighted by molar-refractivity contribution is 0.0950. The first-order chi connectivity index (χ1) is 17.8. The van der Waals surface area contributed by atoms with Crippen molar-refractivity contribution in [3.63, 3.8) is 0 Å². The van der Waals surface area contributed by atoms with Crippen molar-refractivity contribution in [2.75, 3.05) is 11.9 Å². The number of hydrogen-bond acceptors (Lipinski definition) is 5. The fourth-order valence-corrected chi connectivity index (χ4v) is 4.37. The number of carbonyl (C=O) groups is 1. The van der Waals surface area contributed by atoms with Crippen LogP contribution in [-0.4, -0.2) is 28.1 Å². The van der Waals surface area contributed by atoms with Crippen LogP contribution in [0.2, 0.25) is 0 Å². The fraction of sp³-hybridized carbons (Fsp3) is 0.393. The van der Waals surface area contributed by atoms with Crippen LogP contribution >= 0.6 is 0 Å². The molecular weight excluding hydrogens is 478 g/mol. The molecule has 0 aliphatic heterocycles. The number of amides is 1. The number of benzene rings is 2. The molecule has 194 valence electrons. The molecule has 1 amide bonds. The van der Waals surface area contributed by atoms with Gasteiger partial charge in [-0.2, -0.15) is 0 Å². The van der Waals surface area contributed by atoms with Gasteiger partial charge < -0.3 is 15.4 Å². The Balaban J connectivity index is 1.48. The van der Waals surface area contributed by atoms with Gasteiger partial charge in [-0.15, -0.1) is 0 Å². The van der Waals surface area contributed by atoms with Crippen molar-refractivity contribution in [1.82, 2.24) is 14.9 Å². The quantitative estimate of drug-likeness (QED) is 0.377. The zero-order chi connectivity index (χ0) is 26.2. The SMILES string of the molecule is CCCCOc1ccc(F)cc1C1(Nc2nccn(-c3cc(C(=O)NC4CC4)cc(F)c3C)c2=O)CC1. The summed E-state index contributed by atoms with van der Waals surface area (Å²) in [4.78, 5) is 30.3. The standard InChI is InChI=1S/C28H30F2N4O3/c1-3-4-13-37-24-8-5-19(29)16-21(24)28(9-10-28)33-25-27(36)34(12-11-31-25)23-15-18(14-22(30)17(23)2)26(35)32-20-6-7-20/h5,8,11-12,14-16,20H,3-4,6-7,9-10,13H2,1-2H3,(H,31,33)(H,32,35). The summed E-state index contributed by atoms with van der Waals surface area (Å²) in [6.07, 6.45) is 7.88. The number of unbranched alkanes of at least 4 members (excludes halogenated alkanes) is 1. The van der Waals surface area contributed by atoms with Crippen LogP contribution in [0.5, 0.6) is 5.75 Å². The first kappa shape index (κ1) is 24.9. The molecule has 2 aliphatic rings. The summed E-state index contributed by atoms with van der Waals surface area (Å²) in [6, 6.07) is 7.23. The highest BCUT2D eigenvalue weighted by molar-refractivity contribution is 5.95. The molecule has 3 aromatic rings. The van der Waals surface area contributed by atoms with Crippen LogP contribution in [0.15, 0.2) is 47.5 Å². The molecule has 2 saturated carbocycles. The van der Waals surface area contributed by atoms with Gasteiger partial charge in [0.25, 0.3) is 11.5 Å². The van der Waals surface area contributed by atoms with E-state index in [-0.39, 0.29) is 34.6 Å². The zero-order valence-corrected chi connectivity index (χ0v) is 20.9. The van der Waals surface area contributed by atoms with Crippen LogP contribution in [0.3, 0.4) is 0 Å². The van der Waals surface area contributed by atoms with Crippen LogP contribution in [0.25, 0.3) is 5.69 Å². The molecular formula is C28H30F2N4O3. The molecule has 2 N–H and O–H groups in total. The molecule has 0 atom stereocenters. The lowest BCUT2D eigenvalue weighted by Crippen LogP contribution is -2.30. The Morgan fingerprint density at radius 1 is 1.22 bits per heavy atom. The zero-order valence-electron chi connectivity index (χ0n) is 20.9. The van der Waals surface area contributed by atoms with Crippen LogP contribution in [0, 0.1) is 18.6 Å². The summed E-state index contributed by atoms with van der Waals surface area (Å²) in [5, 5.41) is 6.07. The second-order valence-electron chi connectivity index (χ2n) is 9.85. The Bertz CT molecular complexity index is 1400. The predicted molar refractivity (Wildman–Crippen MR) is 136 cm³/mol. The summed E-state index contributed by atoms with van der Waals surface area (Å²) in [7, 11) is 0. The lowest BCUT2D eigenvalue weighted by atomic mass is 10.0. The monoisotopic (exact) mass is 508 g/mol. The summed E-state index contributed by atoms with van der Waals surface area (Å²) in [5.74, 6) is -0.720. The molecule has 2 aromatic carbocycles. The molecule has 1 heterocycles. The van der Waals surface area contributed by atoms with Gasteiger partial charge in [0.05, 0.1) is 17.8 Å². The van der Waals surface area contributed by atoms with Gasteiger partial charge in [0, 0.05) is 35.1 Å². The second kappa shape index (κ2) is 9.95. The summed E-state index contributed by atoms with van der Waals surface area (Å²) in [5.41, 5.74) is 0.0923. The van der Waals surface area contributed by atoms with Gasteiger partial charge in [0.2, 0.25) is 0 Å². The Hall–Kier alpha value is -3.75. The van der Waals surface area contributed by atoms with Crippen molar-refractivity contribution in [3.8, 4) is 11.4 Å². The third-order valence-electron chi connectivity index (χ3n) is 6.91. The van der Waals surface area contributed by atoms with E-state index in [0.717, 1.165) is 25.7 Å². The van der Waals surface area contributed by atoms with Crippen LogP contribution in [0.4, 0.5) is 14.6 Å².